The third-order valence-electron chi connectivity index (χ3n) is 4.58. The zero-order valence-electron chi connectivity index (χ0n) is 14.4. The Kier molecular flexibility index (Phi) is 6.17. The van der Waals surface area contributed by atoms with E-state index in [0.29, 0.717) is 30.9 Å². The van der Waals surface area contributed by atoms with Crippen LogP contribution in [0.2, 0.25) is 0 Å². The largest absolute Gasteiger partial charge is 0.354 e. The molecule has 1 saturated heterocycles. The molecule has 2 heterocycles. The van der Waals surface area contributed by atoms with Crippen LogP contribution in [0, 0.1) is 5.82 Å². The number of carbonyl (C=O) groups is 1. The van der Waals surface area contributed by atoms with Gasteiger partial charge in [0.15, 0.2) is 0 Å². The van der Waals surface area contributed by atoms with E-state index in [-0.39, 0.29) is 18.3 Å². The molecule has 1 amide bonds. The second-order valence-corrected chi connectivity index (χ2v) is 6.53. The maximum atomic E-state index is 13.5. The first kappa shape index (κ1) is 17.6. The average molecular weight is 344 g/mol. The van der Waals surface area contributed by atoms with E-state index in [1.54, 1.807) is 16.8 Å². The van der Waals surface area contributed by atoms with Gasteiger partial charge in [-0.25, -0.2) is 4.39 Å². The molecule has 0 aliphatic carbocycles. The van der Waals surface area contributed by atoms with E-state index < -0.39 is 0 Å². The summed E-state index contributed by atoms with van der Waals surface area (Å²) >= 11 is 0. The van der Waals surface area contributed by atoms with Crippen molar-refractivity contribution >= 4 is 5.91 Å². The summed E-state index contributed by atoms with van der Waals surface area (Å²) in [5.41, 5.74) is 1.74. The first-order valence-electron chi connectivity index (χ1n) is 8.96. The molecule has 0 bridgehead atoms. The molecule has 3 rings (SSSR count). The Balaban J connectivity index is 1.39. The molecule has 0 unspecified atom stereocenters. The van der Waals surface area contributed by atoms with E-state index >= 15 is 0 Å². The number of nitrogens with zero attached hydrogens (tertiary/aromatic N) is 2. The standard InChI is InChI=1S/C19H25FN4O/c20-17-8-2-1-5-15(17)6-4-11-22-19(25)14-24-12-9-18(23-24)16-7-3-10-21-13-16/h1-2,5,8-9,12,16,21H,3-4,6-7,10-11,13-14H2,(H,22,25)/t16-/m0/s1. The highest BCUT2D eigenvalue weighted by Crippen LogP contribution is 2.21. The third-order valence-corrected chi connectivity index (χ3v) is 4.58. The summed E-state index contributed by atoms with van der Waals surface area (Å²) in [6.07, 6.45) is 5.51. The van der Waals surface area contributed by atoms with Gasteiger partial charge >= 0.3 is 0 Å². The molecular formula is C19H25FN4O. The average Bonchev–Trinajstić information content (AvgIpc) is 3.09. The van der Waals surface area contributed by atoms with E-state index in [0.717, 1.165) is 25.2 Å². The van der Waals surface area contributed by atoms with Gasteiger partial charge in [0.1, 0.15) is 12.4 Å². The fraction of sp³-hybridized carbons (Fsp3) is 0.474. The summed E-state index contributed by atoms with van der Waals surface area (Å²) in [6.45, 7) is 2.79. The smallest absolute Gasteiger partial charge is 0.241 e. The molecule has 6 heteroatoms. The van der Waals surface area contributed by atoms with Gasteiger partial charge in [0.05, 0.1) is 5.69 Å². The van der Waals surface area contributed by atoms with Crippen LogP contribution in [0.1, 0.15) is 36.4 Å². The van der Waals surface area contributed by atoms with Crippen molar-refractivity contribution < 1.29 is 9.18 Å². The van der Waals surface area contributed by atoms with E-state index in [1.807, 2.05) is 18.3 Å². The minimum Gasteiger partial charge on any atom is -0.354 e. The van der Waals surface area contributed by atoms with Crippen LogP contribution < -0.4 is 10.6 Å². The number of aromatic nitrogens is 2. The van der Waals surface area contributed by atoms with Crippen LogP contribution in [0.15, 0.2) is 36.5 Å². The first-order chi connectivity index (χ1) is 12.2. The fourth-order valence-electron chi connectivity index (χ4n) is 3.20. The second-order valence-electron chi connectivity index (χ2n) is 6.53. The molecule has 2 N–H and O–H groups in total. The lowest BCUT2D eigenvalue weighted by atomic mass is 9.97. The van der Waals surface area contributed by atoms with Crippen molar-refractivity contribution in [1.29, 1.82) is 0 Å². The van der Waals surface area contributed by atoms with E-state index in [1.165, 1.54) is 12.5 Å². The lowest BCUT2D eigenvalue weighted by molar-refractivity contribution is -0.121. The molecule has 1 aliphatic heterocycles. The van der Waals surface area contributed by atoms with Gasteiger partial charge in [0.25, 0.3) is 0 Å². The van der Waals surface area contributed by atoms with Gasteiger partial charge in [0.2, 0.25) is 5.91 Å². The molecule has 0 spiro atoms. The zero-order valence-corrected chi connectivity index (χ0v) is 14.4. The Morgan fingerprint density at radius 1 is 1.36 bits per heavy atom. The molecule has 134 valence electrons. The maximum Gasteiger partial charge on any atom is 0.241 e. The predicted octanol–water partition coefficient (Wildman–Crippen LogP) is 2.24. The maximum absolute atomic E-state index is 13.5. The van der Waals surface area contributed by atoms with Gasteiger partial charge in [-0.15, -0.1) is 0 Å². The first-order valence-corrected chi connectivity index (χ1v) is 8.96. The molecule has 1 aliphatic rings. The molecule has 0 saturated carbocycles. The molecule has 0 radical (unpaired) electrons. The second kappa shape index (κ2) is 8.76. The number of rotatable bonds is 7. The number of aryl methyl sites for hydroxylation is 1. The number of carbonyl (C=O) groups excluding carboxylic acids is 1. The summed E-state index contributed by atoms with van der Waals surface area (Å²) in [5, 5.41) is 10.8. The van der Waals surface area contributed by atoms with Crippen molar-refractivity contribution in [2.24, 2.45) is 0 Å². The lowest BCUT2D eigenvalue weighted by Crippen LogP contribution is -2.30. The Bertz CT molecular complexity index is 694. The number of halogens is 1. The molecule has 5 nitrogen and oxygen atoms in total. The number of hydrogen-bond acceptors (Lipinski definition) is 3. The van der Waals surface area contributed by atoms with Crippen molar-refractivity contribution in [1.82, 2.24) is 20.4 Å². The van der Waals surface area contributed by atoms with Gasteiger partial charge < -0.3 is 10.6 Å². The number of hydrogen-bond donors (Lipinski definition) is 2. The number of nitrogens with one attached hydrogen (secondary N) is 2. The highest BCUT2D eigenvalue weighted by Gasteiger charge is 2.17. The van der Waals surface area contributed by atoms with Crippen molar-refractivity contribution in [3.8, 4) is 0 Å². The predicted molar refractivity (Wildman–Crippen MR) is 94.8 cm³/mol. The highest BCUT2D eigenvalue weighted by atomic mass is 19.1. The number of amides is 1. The van der Waals surface area contributed by atoms with Gasteiger partial charge in [-0.2, -0.15) is 5.10 Å². The Morgan fingerprint density at radius 2 is 2.24 bits per heavy atom. The van der Waals surface area contributed by atoms with Gasteiger partial charge in [-0.1, -0.05) is 18.2 Å². The lowest BCUT2D eigenvalue weighted by Gasteiger charge is -2.20. The molecule has 25 heavy (non-hydrogen) atoms. The van der Waals surface area contributed by atoms with Crippen molar-refractivity contribution in [3.63, 3.8) is 0 Å². The fourth-order valence-corrected chi connectivity index (χ4v) is 3.20. The van der Waals surface area contributed by atoms with Crippen LogP contribution in [0.25, 0.3) is 0 Å². The molecule has 1 atom stereocenters. The monoisotopic (exact) mass is 344 g/mol. The van der Waals surface area contributed by atoms with Crippen LogP contribution in [0.3, 0.4) is 0 Å². The highest BCUT2D eigenvalue weighted by molar-refractivity contribution is 5.75. The van der Waals surface area contributed by atoms with Crippen LogP contribution in [0.5, 0.6) is 0 Å². The van der Waals surface area contributed by atoms with Crippen LogP contribution >= 0.6 is 0 Å². The molecular weight excluding hydrogens is 319 g/mol. The summed E-state index contributed by atoms with van der Waals surface area (Å²) in [4.78, 5) is 12.0. The third kappa shape index (κ3) is 5.13. The molecule has 1 aromatic carbocycles. The van der Waals surface area contributed by atoms with Crippen molar-refractivity contribution in [2.75, 3.05) is 19.6 Å². The minimum absolute atomic E-state index is 0.0649. The van der Waals surface area contributed by atoms with E-state index in [4.69, 9.17) is 0 Å². The van der Waals surface area contributed by atoms with E-state index in [2.05, 4.69) is 15.7 Å². The summed E-state index contributed by atoms with van der Waals surface area (Å²) in [5.74, 6) is 0.193. The van der Waals surface area contributed by atoms with Gasteiger partial charge in [-0.05, 0) is 49.9 Å². The SMILES string of the molecule is O=C(Cn1ccc([C@H]2CCCNC2)n1)NCCCc1ccccc1F. The van der Waals surface area contributed by atoms with Gasteiger partial charge in [-0.3, -0.25) is 9.48 Å². The van der Waals surface area contributed by atoms with Gasteiger partial charge in [0, 0.05) is 25.2 Å². The Morgan fingerprint density at radius 3 is 3.04 bits per heavy atom. The summed E-state index contributed by atoms with van der Waals surface area (Å²) in [6, 6.07) is 8.76. The number of piperidine rings is 1. The normalized spacial score (nSPS) is 17.4. The topological polar surface area (TPSA) is 59.0 Å². The van der Waals surface area contributed by atoms with Crippen LogP contribution in [-0.2, 0) is 17.8 Å². The van der Waals surface area contributed by atoms with Crippen LogP contribution in [0.4, 0.5) is 4.39 Å². The van der Waals surface area contributed by atoms with Crippen LogP contribution in [-0.4, -0.2) is 35.3 Å². The summed E-state index contributed by atoms with van der Waals surface area (Å²) in [7, 11) is 0. The molecule has 2 aromatic rings. The quantitative estimate of drug-likeness (QED) is 0.758. The summed E-state index contributed by atoms with van der Waals surface area (Å²) < 4.78 is 15.2. The zero-order chi connectivity index (χ0) is 17.5. The van der Waals surface area contributed by atoms with E-state index in [9.17, 15) is 9.18 Å². The van der Waals surface area contributed by atoms with Crippen molar-refractivity contribution in [3.05, 3.63) is 53.6 Å². The van der Waals surface area contributed by atoms with Crippen molar-refractivity contribution in [2.45, 2.75) is 38.1 Å². The molecule has 1 aromatic heterocycles. The number of benzene rings is 1. The Hall–Kier alpha value is -2.21. The minimum atomic E-state index is -0.185. The molecule has 1 fully saturated rings. The Labute approximate surface area is 147 Å².